The first-order chi connectivity index (χ1) is 13.5. The number of aliphatic hydroxyl groups is 1. The maximum atomic E-state index is 13.1. The van der Waals surface area contributed by atoms with Crippen molar-refractivity contribution in [1.29, 1.82) is 0 Å². The first-order valence-corrected chi connectivity index (χ1v) is 10.8. The van der Waals surface area contributed by atoms with Crippen LogP contribution in [0.3, 0.4) is 0 Å². The highest BCUT2D eigenvalue weighted by Crippen LogP contribution is 2.32. The number of hydroxylamine groups is 2. The Morgan fingerprint density at radius 2 is 1.52 bits per heavy atom. The van der Waals surface area contributed by atoms with Gasteiger partial charge in [0, 0.05) is 20.1 Å². The van der Waals surface area contributed by atoms with Crippen LogP contribution in [0, 0.1) is 11.8 Å². The maximum absolute atomic E-state index is 13.1. The van der Waals surface area contributed by atoms with Gasteiger partial charge in [0.15, 0.2) is 0 Å². The van der Waals surface area contributed by atoms with Crippen LogP contribution in [0.2, 0.25) is 0 Å². The van der Waals surface area contributed by atoms with Crippen LogP contribution in [0.4, 0.5) is 4.79 Å². The number of hydrogen-bond donors (Lipinski definition) is 1. The van der Waals surface area contributed by atoms with Crippen molar-refractivity contribution in [3.05, 3.63) is 0 Å². The third kappa shape index (κ3) is 7.12. The van der Waals surface area contributed by atoms with Crippen molar-refractivity contribution >= 4 is 12.1 Å². The van der Waals surface area contributed by atoms with Gasteiger partial charge >= 0.3 is 6.16 Å². The molecule has 0 aromatic rings. The summed E-state index contributed by atoms with van der Waals surface area (Å²) in [5, 5.41) is 11.3. The average Bonchev–Trinajstić information content (AvgIpc) is 2.60. The highest BCUT2D eigenvalue weighted by molar-refractivity contribution is 5.82. The molecule has 1 N–H and O–H groups in total. The molecule has 8 heteroatoms. The van der Waals surface area contributed by atoms with E-state index in [9.17, 15) is 14.7 Å². The van der Waals surface area contributed by atoms with Crippen molar-refractivity contribution in [2.24, 2.45) is 11.8 Å². The summed E-state index contributed by atoms with van der Waals surface area (Å²) in [5.41, 5.74) is -0.696. The molecule has 2 aliphatic rings. The lowest BCUT2D eigenvalue weighted by molar-refractivity contribution is -0.182. The third-order valence-electron chi connectivity index (χ3n) is 5.99. The highest BCUT2D eigenvalue weighted by Gasteiger charge is 2.37. The van der Waals surface area contributed by atoms with Gasteiger partial charge in [0.25, 0.3) is 0 Å². The molecule has 2 fully saturated rings. The lowest BCUT2D eigenvalue weighted by atomic mass is 9.79. The van der Waals surface area contributed by atoms with Crippen LogP contribution >= 0.6 is 0 Å². The number of rotatable bonds is 5. The van der Waals surface area contributed by atoms with Crippen LogP contribution < -0.4 is 0 Å². The first kappa shape index (κ1) is 23.9. The van der Waals surface area contributed by atoms with Crippen molar-refractivity contribution in [1.82, 2.24) is 14.9 Å². The summed E-state index contributed by atoms with van der Waals surface area (Å²) in [5.74, 6) is 1.19. The summed E-state index contributed by atoms with van der Waals surface area (Å²) in [4.78, 5) is 34.3. The molecule has 0 aromatic carbocycles. The molecule has 2 rings (SSSR count). The SMILES string of the molecule is C[C@H](O)[C@H](C(=O)N1CCC(C2CCN(C)CC2)CC1)N(C)OC(=O)OC(C)(C)C. The van der Waals surface area contributed by atoms with Crippen molar-refractivity contribution in [3.8, 4) is 0 Å². The van der Waals surface area contributed by atoms with E-state index < -0.39 is 23.9 Å². The average molecular weight is 414 g/mol. The number of carbonyl (C=O) groups is 2. The Morgan fingerprint density at radius 1 is 1.03 bits per heavy atom. The molecule has 8 nitrogen and oxygen atoms in total. The standard InChI is InChI=1S/C21H39N3O5/c1-15(25)18(23(6)29-20(27)28-21(2,3)4)19(26)24-13-9-17(10-14-24)16-7-11-22(5)12-8-16/h15-18,25H,7-14H2,1-6H3/t15-,18+/m0/s1. The van der Waals surface area contributed by atoms with Crippen LogP contribution in [-0.2, 0) is 14.4 Å². The van der Waals surface area contributed by atoms with Crippen molar-refractivity contribution in [3.63, 3.8) is 0 Å². The van der Waals surface area contributed by atoms with E-state index in [2.05, 4.69) is 11.9 Å². The van der Waals surface area contributed by atoms with E-state index in [0.29, 0.717) is 19.0 Å². The minimum Gasteiger partial charge on any atom is -0.427 e. The van der Waals surface area contributed by atoms with Gasteiger partial charge in [-0.3, -0.25) is 4.79 Å². The predicted molar refractivity (Wildman–Crippen MR) is 110 cm³/mol. The fourth-order valence-corrected chi connectivity index (χ4v) is 4.39. The van der Waals surface area contributed by atoms with Gasteiger partial charge in [0.2, 0.25) is 5.91 Å². The molecule has 0 spiro atoms. The maximum Gasteiger partial charge on any atom is 0.528 e. The zero-order chi connectivity index (χ0) is 21.8. The largest absolute Gasteiger partial charge is 0.528 e. The molecule has 0 saturated carbocycles. The summed E-state index contributed by atoms with van der Waals surface area (Å²) in [6.07, 6.45) is 2.57. The Kier molecular flexibility index (Phi) is 8.31. The third-order valence-corrected chi connectivity index (χ3v) is 5.99. The second-order valence-electron chi connectivity index (χ2n) is 9.59. The predicted octanol–water partition coefficient (Wildman–Crippen LogP) is 2.11. The Labute approximate surface area is 175 Å². The van der Waals surface area contributed by atoms with Gasteiger partial charge in [-0.15, -0.1) is 5.06 Å². The molecule has 29 heavy (non-hydrogen) atoms. The number of amides is 1. The molecule has 0 unspecified atom stereocenters. The van der Waals surface area contributed by atoms with E-state index in [1.807, 2.05) is 0 Å². The van der Waals surface area contributed by atoms with Crippen molar-refractivity contribution < 1.29 is 24.3 Å². The van der Waals surface area contributed by atoms with Gasteiger partial charge in [0.05, 0.1) is 6.10 Å². The minimum atomic E-state index is -0.985. The number of hydrogen-bond acceptors (Lipinski definition) is 7. The molecular formula is C21H39N3O5. The number of likely N-dealkylation sites (N-methyl/N-ethyl adjacent to an activating group) is 1. The van der Waals surface area contributed by atoms with Crippen molar-refractivity contribution in [2.75, 3.05) is 40.3 Å². The monoisotopic (exact) mass is 413 g/mol. The molecule has 2 atom stereocenters. The summed E-state index contributed by atoms with van der Waals surface area (Å²) in [6, 6.07) is -0.956. The number of carbonyl (C=O) groups excluding carboxylic acids is 2. The van der Waals surface area contributed by atoms with Gasteiger partial charge in [-0.25, -0.2) is 4.79 Å². The number of likely N-dealkylation sites (tertiary alicyclic amines) is 2. The summed E-state index contributed by atoms with van der Waals surface area (Å²) >= 11 is 0. The lowest BCUT2D eigenvalue weighted by Crippen LogP contribution is -2.55. The van der Waals surface area contributed by atoms with E-state index in [4.69, 9.17) is 9.57 Å². The Hall–Kier alpha value is -1.38. The summed E-state index contributed by atoms with van der Waals surface area (Å²) in [7, 11) is 3.65. The Bertz CT molecular complexity index is 547. The highest BCUT2D eigenvalue weighted by atomic mass is 16.8. The second kappa shape index (κ2) is 10.1. The fraction of sp³-hybridized carbons (Fsp3) is 0.905. The van der Waals surface area contributed by atoms with Gasteiger partial charge in [0.1, 0.15) is 11.6 Å². The Morgan fingerprint density at radius 3 is 1.97 bits per heavy atom. The van der Waals surface area contributed by atoms with E-state index in [1.54, 1.807) is 25.7 Å². The lowest BCUT2D eigenvalue weighted by Gasteiger charge is -2.41. The van der Waals surface area contributed by atoms with Gasteiger partial charge in [-0.05, 0) is 85.4 Å². The smallest absolute Gasteiger partial charge is 0.427 e. The molecule has 1 amide bonds. The van der Waals surface area contributed by atoms with Crippen LogP contribution in [0.1, 0.15) is 53.4 Å². The molecule has 168 valence electrons. The van der Waals surface area contributed by atoms with E-state index >= 15 is 0 Å². The van der Waals surface area contributed by atoms with Crippen molar-refractivity contribution in [2.45, 2.75) is 71.1 Å². The van der Waals surface area contributed by atoms with Gasteiger partial charge in [-0.2, -0.15) is 0 Å². The molecular weight excluding hydrogens is 374 g/mol. The number of nitrogens with zero attached hydrogens (tertiary/aromatic N) is 3. The van der Waals surface area contributed by atoms with E-state index in [-0.39, 0.29) is 5.91 Å². The van der Waals surface area contributed by atoms with Crippen LogP contribution in [-0.4, -0.2) is 90.1 Å². The second-order valence-corrected chi connectivity index (χ2v) is 9.59. The molecule has 0 aliphatic carbocycles. The zero-order valence-corrected chi connectivity index (χ0v) is 18.9. The van der Waals surface area contributed by atoms with Crippen LogP contribution in [0.5, 0.6) is 0 Å². The van der Waals surface area contributed by atoms with Gasteiger partial charge in [-0.1, -0.05) is 0 Å². The summed E-state index contributed by atoms with van der Waals surface area (Å²) < 4.78 is 5.14. The zero-order valence-electron chi connectivity index (χ0n) is 18.9. The number of piperidine rings is 2. The molecule has 2 heterocycles. The number of aliphatic hydroxyl groups excluding tert-OH is 1. The first-order valence-electron chi connectivity index (χ1n) is 10.8. The fourth-order valence-electron chi connectivity index (χ4n) is 4.39. The molecule has 0 aromatic heterocycles. The Balaban J connectivity index is 1.89. The number of ether oxygens (including phenoxy) is 1. The van der Waals surface area contributed by atoms with Crippen LogP contribution in [0.25, 0.3) is 0 Å². The molecule has 2 saturated heterocycles. The van der Waals surface area contributed by atoms with E-state index in [0.717, 1.165) is 36.9 Å². The topological polar surface area (TPSA) is 82.5 Å². The molecule has 2 aliphatic heterocycles. The van der Waals surface area contributed by atoms with Gasteiger partial charge < -0.3 is 24.5 Å². The quantitative estimate of drug-likeness (QED) is 0.546. The minimum absolute atomic E-state index is 0.215. The van der Waals surface area contributed by atoms with Crippen LogP contribution in [0.15, 0.2) is 0 Å². The normalized spacial score (nSPS) is 22.4. The molecule has 0 radical (unpaired) electrons. The van der Waals surface area contributed by atoms with E-state index in [1.165, 1.54) is 26.8 Å². The molecule has 0 bridgehead atoms. The summed E-state index contributed by atoms with van der Waals surface area (Å²) in [6.45, 7) is 10.4.